The van der Waals surface area contributed by atoms with Crippen molar-refractivity contribution in [3.8, 4) is 0 Å². The number of benzene rings is 3. The number of pyridine rings is 2. The van der Waals surface area contributed by atoms with E-state index in [1.54, 1.807) is 48.7 Å². The molecule has 5 rings (SSSR count). The van der Waals surface area contributed by atoms with E-state index < -0.39 is 26.5 Å². The summed E-state index contributed by atoms with van der Waals surface area (Å²) in [5.74, 6) is 0. The van der Waals surface area contributed by atoms with Crippen LogP contribution < -0.4 is 40.6 Å². The van der Waals surface area contributed by atoms with Crippen LogP contribution in [0, 0.1) is 30.3 Å². The Balaban J connectivity index is 0. The van der Waals surface area contributed by atoms with Crippen LogP contribution in [0.3, 0.4) is 0 Å². The summed E-state index contributed by atoms with van der Waals surface area (Å²) in [6, 6.07) is 19.8. The number of allylic oxidation sites excluding steroid dienone is 1. The second kappa shape index (κ2) is 25.0. The molecular weight excluding hydrogens is 721 g/mol. The van der Waals surface area contributed by atoms with Crippen molar-refractivity contribution in [2.24, 2.45) is 0 Å². The first-order chi connectivity index (χ1) is 24.9. The second-order valence-corrected chi connectivity index (χ2v) is 10.3. The number of hydrogen-bond donors (Lipinski definition) is 4. The molecule has 0 aliphatic carbocycles. The van der Waals surface area contributed by atoms with Crippen LogP contribution in [0.2, 0.25) is 0 Å². The van der Waals surface area contributed by atoms with E-state index in [1.165, 1.54) is 17.8 Å². The molecule has 3 aromatic carbocycles. The molecule has 20 heteroatoms. The summed E-state index contributed by atoms with van der Waals surface area (Å²) in [7, 11) is 0. The average Bonchev–Trinajstić information content (AvgIpc) is 3.15. The number of nitro groups is 3. The van der Waals surface area contributed by atoms with Gasteiger partial charge < -0.3 is 28.2 Å². The van der Waals surface area contributed by atoms with Crippen LogP contribution in [-0.4, -0.2) is 65.3 Å². The molecule has 0 saturated carbocycles. The predicted molar refractivity (Wildman–Crippen MR) is 195 cm³/mol. The van der Waals surface area contributed by atoms with Gasteiger partial charge in [0.05, 0.1) is 52.2 Å². The molecule has 0 fully saturated rings. The smallest absolute Gasteiger partial charge is 1.00 e. The Morgan fingerprint density at radius 3 is 1.89 bits per heavy atom. The van der Waals surface area contributed by atoms with Crippen LogP contribution >= 0.6 is 0 Å². The molecule has 7 N–H and O–H groups in total. The van der Waals surface area contributed by atoms with Crippen molar-refractivity contribution in [1.82, 2.24) is 9.97 Å². The minimum atomic E-state index is -1.69. The summed E-state index contributed by atoms with van der Waals surface area (Å²) >= 11 is 0. The number of anilines is 2. The Morgan fingerprint density at radius 2 is 1.39 bits per heavy atom. The molecule has 0 amide bonds. The maximum absolute atomic E-state index is 10.5. The molecule has 54 heavy (non-hydrogen) atoms. The topological polar surface area (TPSA) is 316 Å². The molecule has 0 saturated heterocycles. The fourth-order valence-corrected chi connectivity index (χ4v) is 3.94. The third-order valence-corrected chi connectivity index (χ3v) is 6.66. The number of nitrogens with two attached hydrogens (primary N) is 1. The number of carbonyl (C=O) groups is 3. The van der Waals surface area contributed by atoms with E-state index in [9.17, 15) is 44.7 Å². The molecule has 280 valence electrons. The predicted octanol–water partition coefficient (Wildman–Crippen LogP) is 0.244. The Hall–Kier alpha value is -6.09. The fourth-order valence-electron chi connectivity index (χ4n) is 3.94. The number of aliphatic hydroxyl groups is 2. The monoisotopic (exact) mass is 757 g/mol. The summed E-state index contributed by atoms with van der Waals surface area (Å²) in [6.45, 7) is 1.96. The third-order valence-electron chi connectivity index (χ3n) is 6.66. The van der Waals surface area contributed by atoms with Crippen molar-refractivity contribution in [3.05, 3.63) is 144 Å². The number of rotatable bonds is 11. The van der Waals surface area contributed by atoms with Gasteiger partial charge in [0, 0.05) is 27.4 Å². The molecule has 0 spiro atoms. The van der Waals surface area contributed by atoms with Gasteiger partial charge in [-0.05, 0) is 53.4 Å². The molecule has 0 aliphatic heterocycles. The Kier molecular flexibility index (Phi) is 22.2. The second-order valence-electron chi connectivity index (χ2n) is 10.3. The van der Waals surface area contributed by atoms with E-state index >= 15 is 0 Å². The van der Waals surface area contributed by atoms with Crippen molar-refractivity contribution in [2.75, 3.05) is 11.1 Å². The minimum absolute atomic E-state index is 0. The number of aliphatic hydroxyl groups excluding tert-OH is 2. The van der Waals surface area contributed by atoms with E-state index in [-0.39, 0.29) is 74.2 Å². The van der Waals surface area contributed by atoms with Crippen molar-refractivity contribution >= 4 is 57.7 Å². The molecule has 0 unspecified atom stereocenters. The molecule has 2 heterocycles. The van der Waals surface area contributed by atoms with Gasteiger partial charge in [-0.15, -0.1) is 0 Å². The summed E-state index contributed by atoms with van der Waals surface area (Å²) in [6.07, 6.45) is 5.07. The molecule has 19 nitrogen and oxygen atoms in total. The SMILES string of the molecule is CCc1ccc2cc(N)cnc2c1.O.O=C/C(=C/Nc1cccc(CO)c1)[N+](=O)[O-].O=CC(C=O)[N+](=O)[O-].O=[N+]([O-])c1cnc2cc(CO)ccc2c1.[H-].[Na+]. The molecule has 2 aromatic heterocycles. The molecule has 0 atom stereocenters. The summed E-state index contributed by atoms with van der Waals surface area (Å²) in [5.41, 5.74) is 10.7. The summed E-state index contributed by atoms with van der Waals surface area (Å²) in [5, 5.41) is 52.5. The van der Waals surface area contributed by atoms with E-state index in [2.05, 4.69) is 40.4 Å². The number of nitrogens with one attached hydrogen (secondary N) is 1. The van der Waals surface area contributed by atoms with Crippen LogP contribution in [0.25, 0.3) is 21.8 Å². The van der Waals surface area contributed by atoms with Gasteiger partial charge >= 0.3 is 41.3 Å². The number of nitrogen functional groups attached to an aromatic ring is 1. The number of nitrogens with zero attached hydrogens (tertiary/aromatic N) is 5. The minimum Gasteiger partial charge on any atom is -1.00 e. The first kappa shape index (κ1) is 47.9. The van der Waals surface area contributed by atoms with Gasteiger partial charge in [-0.1, -0.05) is 43.3 Å². The average molecular weight is 758 g/mol. The van der Waals surface area contributed by atoms with Gasteiger partial charge in [-0.3, -0.25) is 49.7 Å². The van der Waals surface area contributed by atoms with Crippen LogP contribution in [0.4, 0.5) is 17.1 Å². The zero-order chi connectivity index (χ0) is 38.6. The van der Waals surface area contributed by atoms with Gasteiger partial charge in [-0.25, -0.2) is 4.98 Å². The summed E-state index contributed by atoms with van der Waals surface area (Å²) < 4.78 is 0. The van der Waals surface area contributed by atoms with Gasteiger partial charge in [0.1, 0.15) is 6.20 Å². The van der Waals surface area contributed by atoms with Crippen molar-refractivity contribution < 1.29 is 75.8 Å². The molecule has 0 aliphatic rings. The van der Waals surface area contributed by atoms with Gasteiger partial charge in [-0.2, -0.15) is 0 Å². The van der Waals surface area contributed by atoms with Crippen molar-refractivity contribution in [1.29, 1.82) is 0 Å². The largest absolute Gasteiger partial charge is 1.00 e. The Labute approximate surface area is 330 Å². The number of aldehydes is 3. The maximum atomic E-state index is 10.5. The Bertz CT molecular complexity index is 2080. The zero-order valence-electron chi connectivity index (χ0n) is 30.0. The Morgan fingerprint density at radius 1 is 0.833 bits per heavy atom. The molecule has 5 aromatic rings. The van der Waals surface area contributed by atoms with E-state index in [4.69, 9.17) is 15.9 Å². The molecular formula is C34H36N7NaO12. The van der Waals surface area contributed by atoms with Crippen LogP contribution in [0.1, 0.15) is 25.0 Å². The van der Waals surface area contributed by atoms with E-state index in [0.29, 0.717) is 22.2 Å². The van der Waals surface area contributed by atoms with Gasteiger partial charge in [0.2, 0.25) is 18.9 Å². The van der Waals surface area contributed by atoms with E-state index in [1.807, 2.05) is 6.07 Å². The van der Waals surface area contributed by atoms with Crippen LogP contribution in [0.15, 0.2) is 97.1 Å². The molecule has 0 bridgehead atoms. The first-order valence-corrected chi connectivity index (χ1v) is 15.0. The first-order valence-electron chi connectivity index (χ1n) is 15.0. The van der Waals surface area contributed by atoms with Crippen molar-refractivity contribution in [2.45, 2.75) is 32.6 Å². The zero-order valence-corrected chi connectivity index (χ0v) is 31.0. The molecule has 0 radical (unpaired) electrons. The number of aryl methyl sites for hydroxylation is 1. The van der Waals surface area contributed by atoms with Gasteiger partial charge in [0.15, 0.2) is 0 Å². The summed E-state index contributed by atoms with van der Waals surface area (Å²) in [4.78, 5) is 65.6. The number of carbonyl (C=O) groups excluding carboxylic acids is 3. The quantitative estimate of drug-likeness (QED) is 0.0350. The standard InChI is InChI=1S/C11H12N2.C10H10N2O4.C10H8N2O3.C3H3NO4.Na.H2O.H/c1-2-8-3-4-9-6-10(12)7-13-11(9)5-8;13-6-8-2-1-3-9(4-8)11-5-10(7-14)12(15)16;13-6-7-1-2-8-4-9(12(14)15)5-11-10(8)3-7;5-1-3(2-6)4(7)8;;;/h3-7H,2,12H2,1H3;1-5,7,11,13H,6H2;1-5,13H,6H2;1-3H;;1H2;/q;;;;+1;;-1/b;10-5-;;;;;. The number of aromatic nitrogens is 2. The number of hydrogen-bond acceptors (Lipinski definition) is 15. The normalized spacial score (nSPS) is 9.96. The number of fused-ring (bicyclic) bond motifs is 2. The van der Waals surface area contributed by atoms with Crippen LogP contribution in [0.5, 0.6) is 0 Å². The third kappa shape index (κ3) is 15.7. The fraction of sp³-hybridized carbons (Fsp3) is 0.147. The van der Waals surface area contributed by atoms with Gasteiger partial charge in [0.25, 0.3) is 5.69 Å². The maximum Gasteiger partial charge on any atom is 1.00 e. The van der Waals surface area contributed by atoms with Crippen molar-refractivity contribution in [3.63, 3.8) is 0 Å². The van der Waals surface area contributed by atoms with E-state index in [0.717, 1.165) is 34.8 Å². The van der Waals surface area contributed by atoms with Crippen LogP contribution in [-0.2, 0) is 34.0 Å².